The van der Waals surface area contributed by atoms with Gasteiger partial charge in [0, 0.05) is 24.3 Å². The summed E-state index contributed by atoms with van der Waals surface area (Å²) in [5.74, 6) is -0.180. The van der Waals surface area contributed by atoms with Crippen molar-refractivity contribution in [3.05, 3.63) is 64.7 Å². The quantitative estimate of drug-likeness (QED) is 0.345. The van der Waals surface area contributed by atoms with Gasteiger partial charge in [0.25, 0.3) is 11.8 Å². The van der Waals surface area contributed by atoms with Crippen molar-refractivity contribution < 1.29 is 23.9 Å². The molecular weight excluding hydrogens is 542 g/mol. The summed E-state index contributed by atoms with van der Waals surface area (Å²) in [5, 5.41) is 5.97. The van der Waals surface area contributed by atoms with Gasteiger partial charge in [-0.05, 0) is 48.5 Å². The predicted molar refractivity (Wildman–Crippen MR) is 157 cm³/mol. The molecule has 1 aliphatic carbocycles. The Bertz CT molecular complexity index is 1390. The van der Waals surface area contributed by atoms with Crippen molar-refractivity contribution in [2.75, 3.05) is 23.8 Å². The molecule has 2 aliphatic rings. The van der Waals surface area contributed by atoms with Gasteiger partial charge < -0.3 is 25.8 Å². The molecule has 10 nitrogen and oxygen atoms in total. The van der Waals surface area contributed by atoms with Crippen LogP contribution in [0, 0.1) is 0 Å². The van der Waals surface area contributed by atoms with Crippen molar-refractivity contribution in [1.82, 2.24) is 15.0 Å². The van der Waals surface area contributed by atoms with Crippen LogP contribution in [0.1, 0.15) is 71.2 Å². The van der Waals surface area contributed by atoms with E-state index in [-0.39, 0.29) is 34.1 Å². The summed E-state index contributed by atoms with van der Waals surface area (Å²) in [6.07, 6.45) is 5.45. The highest BCUT2D eigenvalue weighted by Crippen LogP contribution is 2.36. The third-order valence-electron chi connectivity index (χ3n) is 7.41. The van der Waals surface area contributed by atoms with Crippen LogP contribution in [0.25, 0.3) is 0 Å². The normalized spacial score (nSPS) is 15.5. The van der Waals surface area contributed by atoms with E-state index in [0.29, 0.717) is 43.4 Å². The Labute approximate surface area is 243 Å². The molecule has 0 saturated heterocycles. The number of benzene rings is 2. The second-order valence-corrected chi connectivity index (χ2v) is 11.0. The predicted octanol–water partition coefficient (Wildman–Crippen LogP) is 4.30. The molecule has 1 saturated carbocycles. The first kappa shape index (κ1) is 28.4. The van der Waals surface area contributed by atoms with Crippen LogP contribution in [0.3, 0.4) is 0 Å². The second-order valence-electron chi connectivity index (χ2n) is 10.2. The standard InChI is InChI=1S/C30H35N5O5S/c1-2-22(28(36)32-18-19-9-5-3-6-10-19)35(21-13-14-23-24(17-21)40-16-15-39-23)30(38)27-25(31)26(34-41-27)29(37)33-20-11-7-4-8-12-20/h3,5-6,9-10,13-14,17,20,22H,2,4,7-8,11-12,15-16,18,31H2,1H3,(H,32,36)(H,33,37)/t22-/m1/s1. The summed E-state index contributed by atoms with van der Waals surface area (Å²) < 4.78 is 15.7. The van der Waals surface area contributed by atoms with Gasteiger partial charge in [0.1, 0.15) is 24.1 Å². The van der Waals surface area contributed by atoms with Crippen molar-refractivity contribution in [1.29, 1.82) is 0 Å². The SMILES string of the molecule is CC[C@H](C(=O)NCc1ccccc1)N(C(=O)c1snc(C(=O)NC2CCCCC2)c1N)c1ccc2c(c1)OCCO2. The van der Waals surface area contributed by atoms with Crippen molar-refractivity contribution in [3.8, 4) is 11.5 Å². The molecule has 0 unspecified atom stereocenters. The number of aromatic nitrogens is 1. The number of fused-ring (bicyclic) bond motifs is 1. The lowest BCUT2D eigenvalue weighted by Gasteiger charge is -2.31. The average Bonchev–Trinajstić information content (AvgIpc) is 3.40. The van der Waals surface area contributed by atoms with Crippen LogP contribution >= 0.6 is 11.5 Å². The lowest BCUT2D eigenvalue weighted by atomic mass is 9.95. The van der Waals surface area contributed by atoms with Crippen LogP contribution in [0.5, 0.6) is 11.5 Å². The maximum absolute atomic E-state index is 14.2. The van der Waals surface area contributed by atoms with E-state index in [1.165, 1.54) is 4.90 Å². The summed E-state index contributed by atoms with van der Waals surface area (Å²) in [6, 6.07) is 13.9. The molecule has 0 spiro atoms. The lowest BCUT2D eigenvalue weighted by Crippen LogP contribution is -2.49. The van der Waals surface area contributed by atoms with Crippen molar-refractivity contribution in [3.63, 3.8) is 0 Å². The first-order valence-corrected chi connectivity index (χ1v) is 14.8. The number of ether oxygens (including phenoxy) is 2. The number of nitrogens with zero attached hydrogens (tertiary/aromatic N) is 2. The molecule has 0 radical (unpaired) electrons. The van der Waals surface area contributed by atoms with Crippen LogP contribution in [0.4, 0.5) is 11.4 Å². The fourth-order valence-corrected chi connectivity index (χ4v) is 5.97. The molecule has 1 aromatic heterocycles. The van der Waals surface area contributed by atoms with E-state index in [4.69, 9.17) is 15.2 Å². The molecule has 1 fully saturated rings. The van der Waals surface area contributed by atoms with E-state index >= 15 is 0 Å². The maximum Gasteiger partial charge on any atom is 0.273 e. The number of nitrogens with one attached hydrogen (secondary N) is 2. The van der Waals surface area contributed by atoms with Gasteiger partial charge in [-0.15, -0.1) is 0 Å². The molecule has 2 aromatic carbocycles. The van der Waals surface area contributed by atoms with Crippen LogP contribution in [-0.4, -0.2) is 47.4 Å². The van der Waals surface area contributed by atoms with Crippen molar-refractivity contribution in [2.45, 2.75) is 64.1 Å². The van der Waals surface area contributed by atoms with Gasteiger partial charge in [-0.1, -0.05) is 56.5 Å². The molecule has 3 amide bonds. The molecule has 41 heavy (non-hydrogen) atoms. The molecule has 1 aliphatic heterocycles. The Balaban J connectivity index is 1.44. The van der Waals surface area contributed by atoms with Crippen LogP contribution < -0.4 is 30.7 Å². The maximum atomic E-state index is 14.2. The Hall–Kier alpha value is -4.12. The largest absolute Gasteiger partial charge is 0.486 e. The van der Waals surface area contributed by atoms with E-state index < -0.39 is 11.9 Å². The number of amides is 3. The molecule has 2 heterocycles. The monoisotopic (exact) mass is 577 g/mol. The van der Waals surface area contributed by atoms with E-state index in [0.717, 1.165) is 49.2 Å². The summed E-state index contributed by atoms with van der Waals surface area (Å²) >= 11 is 0.862. The number of nitrogen functional groups attached to an aromatic ring is 1. The van der Waals surface area contributed by atoms with Gasteiger partial charge in [0.15, 0.2) is 17.2 Å². The first-order chi connectivity index (χ1) is 20.0. The number of rotatable bonds is 9. The number of hydrogen-bond acceptors (Lipinski definition) is 8. The van der Waals surface area contributed by atoms with Crippen molar-refractivity contribution >= 4 is 40.6 Å². The zero-order chi connectivity index (χ0) is 28.8. The molecule has 5 rings (SSSR count). The second kappa shape index (κ2) is 13.0. The number of nitrogens with two attached hydrogens (primary N) is 1. The highest BCUT2D eigenvalue weighted by atomic mass is 32.1. The summed E-state index contributed by atoms with van der Waals surface area (Å²) in [6.45, 7) is 2.95. The number of carbonyl (C=O) groups excluding carboxylic acids is 3. The van der Waals surface area contributed by atoms with Crippen LogP contribution in [-0.2, 0) is 11.3 Å². The minimum Gasteiger partial charge on any atom is -0.486 e. The zero-order valence-electron chi connectivity index (χ0n) is 23.1. The highest BCUT2D eigenvalue weighted by molar-refractivity contribution is 7.09. The average molecular weight is 578 g/mol. The Morgan fingerprint density at radius 1 is 1.05 bits per heavy atom. The zero-order valence-corrected chi connectivity index (χ0v) is 23.9. The Morgan fingerprint density at radius 2 is 1.78 bits per heavy atom. The van der Waals surface area contributed by atoms with Gasteiger partial charge in [0.2, 0.25) is 5.91 Å². The lowest BCUT2D eigenvalue weighted by molar-refractivity contribution is -0.122. The third kappa shape index (κ3) is 6.45. The first-order valence-electron chi connectivity index (χ1n) is 14.1. The fourth-order valence-electron chi connectivity index (χ4n) is 5.23. The van der Waals surface area contributed by atoms with Gasteiger partial charge in [0.05, 0.1) is 5.69 Å². The number of anilines is 2. The molecule has 216 valence electrons. The summed E-state index contributed by atoms with van der Waals surface area (Å²) in [4.78, 5) is 42.2. The van der Waals surface area contributed by atoms with Crippen molar-refractivity contribution in [2.24, 2.45) is 0 Å². The summed E-state index contributed by atoms with van der Waals surface area (Å²) in [7, 11) is 0. The van der Waals surface area contributed by atoms with E-state index in [9.17, 15) is 14.4 Å². The van der Waals surface area contributed by atoms with Gasteiger partial charge in [-0.3, -0.25) is 19.3 Å². The van der Waals surface area contributed by atoms with Gasteiger partial charge in [-0.2, -0.15) is 4.37 Å². The third-order valence-corrected chi connectivity index (χ3v) is 8.26. The van der Waals surface area contributed by atoms with Gasteiger partial charge in [-0.25, -0.2) is 0 Å². The molecular formula is C30H35N5O5S. The van der Waals surface area contributed by atoms with Crippen LogP contribution in [0.2, 0.25) is 0 Å². The molecule has 4 N–H and O–H groups in total. The minimum atomic E-state index is -0.866. The smallest absolute Gasteiger partial charge is 0.273 e. The summed E-state index contributed by atoms with van der Waals surface area (Å²) in [5.41, 5.74) is 7.81. The number of carbonyl (C=O) groups is 3. The topological polar surface area (TPSA) is 136 Å². The Morgan fingerprint density at radius 3 is 2.51 bits per heavy atom. The molecule has 0 bridgehead atoms. The molecule has 11 heteroatoms. The minimum absolute atomic E-state index is 0.00963. The Kier molecular flexibility index (Phi) is 9.03. The molecule has 3 aromatic rings. The van der Waals surface area contributed by atoms with E-state index in [1.807, 2.05) is 37.3 Å². The molecule has 1 atom stereocenters. The van der Waals surface area contributed by atoms with Gasteiger partial charge >= 0.3 is 0 Å². The highest BCUT2D eigenvalue weighted by Gasteiger charge is 2.35. The fraction of sp³-hybridized carbons (Fsp3) is 0.400. The van der Waals surface area contributed by atoms with E-state index in [1.54, 1.807) is 18.2 Å². The van der Waals surface area contributed by atoms with E-state index in [2.05, 4.69) is 15.0 Å². The van der Waals surface area contributed by atoms with Crippen LogP contribution in [0.15, 0.2) is 48.5 Å². The number of hydrogen-bond donors (Lipinski definition) is 3.